The van der Waals surface area contributed by atoms with Crippen molar-refractivity contribution in [3.05, 3.63) is 74.6 Å². The van der Waals surface area contributed by atoms with Crippen LogP contribution in [0, 0.1) is 17.5 Å². The Kier molecular flexibility index (Phi) is 5.77. The molecule has 1 aromatic heterocycles. The molecular weight excluding hydrogens is 481 g/mol. The summed E-state index contributed by atoms with van der Waals surface area (Å²) in [5.41, 5.74) is 0.196. The van der Waals surface area contributed by atoms with Crippen molar-refractivity contribution in [3.8, 4) is 0 Å². The monoisotopic (exact) mass is 490 g/mol. The normalized spacial score (nSPS) is 11.3. The van der Waals surface area contributed by atoms with Crippen LogP contribution >= 0.6 is 27.3 Å². The van der Waals surface area contributed by atoms with Gasteiger partial charge in [0.2, 0.25) is 0 Å². The first-order chi connectivity index (χ1) is 13.2. The lowest BCUT2D eigenvalue weighted by molar-refractivity contribution is 0.103. The number of amides is 1. The van der Waals surface area contributed by atoms with Crippen LogP contribution in [0.2, 0.25) is 0 Å². The number of sulfonamides is 1. The molecule has 2 N–H and O–H groups in total. The maximum atomic E-state index is 14.0. The molecule has 0 fully saturated rings. The van der Waals surface area contributed by atoms with E-state index in [1.807, 2.05) is 0 Å². The van der Waals surface area contributed by atoms with E-state index in [0.29, 0.717) is 17.8 Å². The molecule has 0 saturated carbocycles. The van der Waals surface area contributed by atoms with E-state index in [1.165, 1.54) is 23.6 Å². The minimum Gasteiger partial charge on any atom is -0.321 e. The van der Waals surface area contributed by atoms with Gasteiger partial charge < -0.3 is 5.32 Å². The van der Waals surface area contributed by atoms with Gasteiger partial charge in [0.1, 0.15) is 27.2 Å². The molecule has 146 valence electrons. The Hall–Kier alpha value is -2.37. The van der Waals surface area contributed by atoms with Gasteiger partial charge in [-0.05, 0) is 63.8 Å². The zero-order valence-corrected chi connectivity index (χ0v) is 16.9. The van der Waals surface area contributed by atoms with Gasteiger partial charge in [0, 0.05) is 5.69 Å². The first kappa shape index (κ1) is 20.4. The molecule has 3 rings (SSSR count). The summed E-state index contributed by atoms with van der Waals surface area (Å²) in [6.07, 6.45) is 0. The second-order valence-corrected chi connectivity index (χ2v) is 8.85. The molecule has 0 aliphatic rings. The van der Waals surface area contributed by atoms with Crippen LogP contribution in [0.3, 0.4) is 0 Å². The zero-order chi connectivity index (χ0) is 20.5. The van der Waals surface area contributed by atoms with Gasteiger partial charge in [-0.2, -0.15) is 0 Å². The summed E-state index contributed by atoms with van der Waals surface area (Å²) in [5.74, 6) is -3.25. The summed E-state index contributed by atoms with van der Waals surface area (Å²) >= 11 is 3.71. The fraction of sp³-hybridized carbons (Fsp3) is 0. The largest absolute Gasteiger partial charge is 0.321 e. The summed E-state index contributed by atoms with van der Waals surface area (Å²) in [5, 5.41) is 3.95. The SMILES string of the molecule is O=C(Nc1ccc(F)cc1)c1sccc1NS(=O)(=O)c1cc(F)c(Br)cc1F. The van der Waals surface area contributed by atoms with Gasteiger partial charge in [-0.1, -0.05) is 0 Å². The van der Waals surface area contributed by atoms with Crippen molar-refractivity contribution in [3.63, 3.8) is 0 Å². The van der Waals surface area contributed by atoms with Crippen LogP contribution < -0.4 is 10.0 Å². The first-order valence-electron chi connectivity index (χ1n) is 7.49. The second kappa shape index (κ2) is 7.94. The van der Waals surface area contributed by atoms with Gasteiger partial charge >= 0.3 is 0 Å². The lowest BCUT2D eigenvalue weighted by Gasteiger charge is -2.11. The lowest BCUT2D eigenvalue weighted by atomic mass is 10.3. The molecule has 5 nitrogen and oxygen atoms in total. The molecule has 3 aromatic rings. The molecule has 0 bridgehead atoms. The predicted molar refractivity (Wildman–Crippen MR) is 104 cm³/mol. The summed E-state index contributed by atoms with van der Waals surface area (Å²) in [6.45, 7) is 0. The second-order valence-electron chi connectivity index (χ2n) is 5.43. The molecule has 0 aliphatic heterocycles. The summed E-state index contributed by atoms with van der Waals surface area (Å²) in [7, 11) is -4.50. The fourth-order valence-electron chi connectivity index (χ4n) is 2.20. The Labute approximate surface area is 170 Å². The average molecular weight is 491 g/mol. The van der Waals surface area contributed by atoms with E-state index in [9.17, 15) is 26.4 Å². The Morgan fingerprint density at radius 2 is 1.68 bits per heavy atom. The van der Waals surface area contributed by atoms with Crippen LogP contribution in [0.25, 0.3) is 0 Å². The molecule has 0 atom stereocenters. The molecule has 0 aliphatic carbocycles. The topological polar surface area (TPSA) is 75.3 Å². The Bertz CT molecular complexity index is 1150. The van der Waals surface area contributed by atoms with Crippen molar-refractivity contribution >= 4 is 54.6 Å². The average Bonchev–Trinajstić information content (AvgIpc) is 3.07. The highest BCUT2D eigenvalue weighted by atomic mass is 79.9. The number of nitrogens with one attached hydrogen (secondary N) is 2. The van der Waals surface area contributed by atoms with Crippen LogP contribution in [-0.4, -0.2) is 14.3 Å². The molecule has 28 heavy (non-hydrogen) atoms. The van der Waals surface area contributed by atoms with Crippen LogP contribution in [0.5, 0.6) is 0 Å². The number of carbonyl (C=O) groups is 1. The predicted octanol–water partition coefficient (Wildman–Crippen LogP) is 4.98. The third kappa shape index (κ3) is 4.37. The van der Waals surface area contributed by atoms with Crippen molar-refractivity contribution in [1.29, 1.82) is 0 Å². The number of carbonyl (C=O) groups excluding carboxylic acids is 1. The number of rotatable bonds is 5. The van der Waals surface area contributed by atoms with Gasteiger partial charge in [0.15, 0.2) is 0 Å². The molecule has 11 heteroatoms. The molecule has 0 saturated heterocycles. The summed E-state index contributed by atoms with van der Waals surface area (Å²) in [6, 6.07) is 7.52. The van der Waals surface area contributed by atoms with Crippen LogP contribution in [0.1, 0.15) is 9.67 Å². The summed E-state index contributed by atoms with van der Waals surface area (Å²) in [4.78, 5) is 11.5. The number of thiophene rings is 1. The third-order valence-electron chi connectivity index (χ3n) is 3.48. The maximum absolute atomic E-state index is 14.0. The first-order valence-corrected chi connectivity index (χ1v) is 10.6. The molecule has 0 spiro atoms. The number of anilines is 2. The highest BCUT2D eigenvalue weighted by molar-refractivity contribution is 9.10. The van der Waals surface area contributed by atoms with E-state index >= 15 is 0 Å². The molecular formula is C17H10BrF3N2O3S2. The molecule has 0 unspecified atom stereocenters. The highest BCUT2D eigenvalue weighted by Crippen LogP contribution is 2.29. The minimum atomic E-state index is -4.50. The van der Waals surface area contributed by atoms with Crippen molar-refractivity contribution in [2.24, 2.45) is 0 Å². The standard InChI is InChI=1S/C17H10BrF3N2O3S2/c18-11-7-13(21)15(8-12(11)20)28(25,26)23-14-5-6-27-16(14)17(24)22-10-3-1-9(19)2-4-10/h1-8,23H,(H,22,24). The third-order valence-corrected chi connectivity index (χ3v) is 6.38. The molecule has 1 amide bonds. The van der Waals surface area contributed by atoms with E-state index in [2.05, 4.69) is 26.0 Å². The number of hydrogen-bond acceptors (Lipinski definition) is 4. The maximum Gasteiger partial charge on any atom is 0.267 e. The van der Waals surface area contributed by atoms with Crippen molar-refractivity contribution in [2.45, 2.75) is 4.90 Å². The van der Waals surface area contributed by atoms with E-state index in [0.717, 1.165) is 23.5 Å². The van der Waals surface area contributed by atoms with E-state index in [-0.39, 0.29) is 15.0 Å². The molecule has 0 radical (unpaired) electrons. The Morgan fingerprint density at radius 3 is 2.36 bits per heavy atom. The number of halogens is 4. The van der Waals surface area contributed by atoms with Gasteiger partial charge in [-0.15, -0.1) is 11.3 Å². The van der Waals surface area contributed by atoms with E-state index < -0.39 is 38.3 Å². The van der Waals surface area contributed by atoms with E-state index in [4.69, 9.17) is 0 Å². The van der Waals surface area contributed by atoms with Crippen LogP contribution in [-0.2, 0) is 10.0 Å². The highest BCUT2D eigenvalue weighted by Gasteiger charge is 2.24. The number of benzene rings is 2. The van der Waals surface area contributed by atoms with Crippen molar-refractivity contribution in [2.75, 3.05) is 10.0 Å². The zero-order valence-electron chi connectivity index (χ0n) is 13.7. The van der Waals surface area contributed by atoms with Crippen molar-refractivity contribution < 1.29 is 26.4 Å². The van der Waals surface area contributed by atoms with E-state index in [1.54, 1.807) is 0 Å². The quantitative estimate of drug-likeness (QED) is 0.495. The Morgan fingerprint density at radius 1 is 1.00 bits per heavy atom. The summed E-state index contributed by atoms with van der Waals surface area (Å²) < 4.78 is 67.4. The fourth-order valence-corrected chi connectivity index (χ4v) is 4.46. The van der Waals surface area contributed by atoms with Crippen LogP contribution in [0.4, 0.5) is 24.5 Å². The van der Waals surface area contributed by atoms with Gasteiger partial charge in [-0.25, -0.2) is 21.6 Å². The van der Waals surface area contributed by atoms with Crippen molar-refractivity contribution in [1.82, 2.24) is 0 Å². The number of hydrogen-bond donors (Lipinski definition) is 2. The molecule has 2 aromatic carbocycles. The molecule has 1 heterocycles. The van der Waals surface area contributed by atoms with Gasteiger partial charge in [0.25, 0.3) is 15.9 Å². The van der Waals surface area contributed by atoms with Crippen LogP contribution in [0.15, 0.2) is 57.2 Å². The smallest absolute Gasteiger partial charge is 0.267 e. The lowest BCUT2D eigenvalue weighted by Crippen LogP contribution is -2.18. The van der Waals surface area contributed by atoms with Gasteiger partial charge in [0.05, 0.1) is 10.2 Å². The van der Waals surface area contributed by atoms with Gasteiger partial charge in [-0.3, -0.25) is 9.52 Å². The Balaban J connectivity index is 1.86. The minimum absolute atomic E-state index is 0.00843.